The average molecular weight is 443 g/mol. The largest absolute Gasteiger partial charge is 0.492 e. The van der Waals surface area contributed by atoms with Crippen molar-refractivity contribution in [3.63, 3.8) is 0 Å². The van der Waals surface area contributed by atoms with E-state index >= 15 is 0 Å². The number of carbonyl (C=O) groups excluding carboxylic acids is 2. The molecule has 168 valence electrons. The van der Waals surface area contributed by atoms with Crippen molar-refractivity contribution in [3.8, 4) is 5.75 Å². The molecule has 1 heterocycles. The summed E-state index contributed by atoms with van der Waals surface area (Å²) in [6, 6.07) is 22.4. The number of furan rings is 1. The lowest BCUT2D eigenvalue weighted by molar-refractivity contribution is -0.120. The highest BCUT2D eigenvalue weighted by molar-refractivity contribution is 6.04. The molecule has 0 fully saturated rings. The third-order valence-electron chi connectivity index (χ3n) is 5.11. The van der Waals surface area contributed by atoms with Crippen molar-refractivity contribution in [1.29, 1.82) is 0 Å². The minimum absolute atomic E-state index is 0.0851. The number of hydrogen-bond acceptors (Lipinski definition) is 4. The molecule has 0 spiro atoms. The topological polar surface area (TPSA) is 80.6 Å². The zero-order valence-corrected chi connectivity index (χ0v) is 18.7. The first kappa shape index (κ1) is 22.1. The minimum Gasteiger partial charge on any atom is -0.492 e. The average Bonchev–Trinajstić information content (AvgIpc) is 3.22. The predicted molar refractivity (Wildman–Crippen MR) is 129 cm³/mol. The van der Waals surface area contributed by atoms with E-state index in [0.717, 1.165) is 27.8 Å². The summed E-state index contributed by atoms with van der Waals surface area (Å²) in [5.41, 5.74) is 4.44. The number of hydrogen-bond donors (Lipinski definition) is 2. The molecule has 0 saturated carbocycles. The van der Waals surface area contributed by atoms with Gasteiger partial charge in [0.2, 0.25) is 5.91 Å². The van der Waals surface area contributed by atoms with E-state index in [1.807, 2.05) is 62.4 Å². The lowest BCUT2D eigenvalue weighted by atomic mass is 10.1. The number of amides is 2. The highest BCUT2D eigenvalue weighted by Gasteiger charge is 2.12. The molecule has 1 aromatic heterocycles. The molecule has 0 aliphatic rings. The third kappa shape index (κ3) is 6.01. The van der Waals surface area contributed by atoms with Crippen LogP contribution in [0.2, 0.25) is 0 Å². The number of benzene rings is 3. The molecular weight excluding hydrogens is 416 g/mol. The summed E-state index contributed by atoms with van der Waals surface area (Å²) in [6.45, 7) is 4.88. The maximum Gasteiger partial charge on any atom is 0.291 e. The molecule has 0 unspecified atom stereocenters. The van der Waals surface area contributed by atoms with Gasteiger partial charge in [-0.15, -0.1) is 0 Å². The summed E-state index contributed by atoms with van der Waals surface area (Å²) in [4.78, 5) is 24.7. The molecule has 0 bridgehead atoms. The van der Waals surface area contributed by atoms with Crippen LogP contribution in [0.4, 0.5) is 5.69 Å². The fourth-order valence-electron chi connectivity index (χ4n) is 3.62. The summed E-state index contributed by atoms with van der Waals surface area (Å²) in [7, 11) is 0. The smallest absolute Gasteiger partial charge is 0.291 e. The predicted octanol–water partition coefficient (Wildman–Crippen LogP) is 5.04. The number of nitrogens with one attached hydrogen (secondary N) is 2. The number of para-hydroxylation sites is 1. The number of ether oxygens (including phenoxy) is 1. The van der Waals surface area contributed by atoms with Crippen LogP contribution in [0.5, 0.6) is 5.75 Å². The Morgan fingerprint density at radius 1 is 0.909 bits per heavy atom. The van der Waals surface area contributed by atoms with Crippen LogP contribution < -0.4 is 15.4 Å². The number of carbonyl (C=O) groups is 2. The molecule has 6 nitrogen and oxygen atoms in total. The summed E-state index contributed by atoms with van der Waals surface area (Å²) in [5, 5.41) is 6.56. The van der Waals surface area contributed by atoms with Gasteiger partial charge in [0, 0.05) is 11.1 Å². The minimum atomic E-state index is -0.319. The fourth-order valence-corrected chi connectivity index (χ4v) is 3.62. The molecule has 33 heavy (non-hydrogen) atoms. The second-order valence-corrected chi connectivity index (χ2v) is 8.00. The lowest BCUT2D eigenvalue weighted by Crippen LogP contribution is -2.29. The number of fused-ring (bicyclic) bond motifs is 1. The van der Waals surface area contributed by atoms with E-state index < -0.39 is 0 Å². The van der Waals surface area contributed by atoms with E-state index in [4.69, 9.17) is 9.15 Å². The monoisotopic (exact) mass is 442 g/mol. The first-order valence-corrected chi connectivity index (χ1v) is 10.8. The van der Waals surface area contributed by atoms with Gasteiger partial charge in [-0.05, 0) is 66.9 Å². The third-order valence-corrected chi connectivity index (χ3v) is 5.11. The molecule has 4 rings (SSSR count). The quantitative estimate of drug-likeness (QED) is 0.375. The van der Waals surface area contributed by atoms with Crippen LogP contribution in [-0.2, 0) is 11.2 Å². The molecule has 0 saturated heterocycles. The molecular formula is C27H26N2O4. The van der Waals surface area contributed by atoms with Crippen molar-refractivity contribution >= 4 is 28.5 Å². The molecule has 0 aliphatic carbocycles. The Balaban J connectivity index is 1.23. The van der Waals surface area contributed by atoms with Gasteiger partial charge >= 0.3 is 0 Å². The lowest BCUT2D eigenvalue weighted by Gasteiger charge is -2.10. The number of rotatable bonds is 8. The van der Waals surface area contributed by atoms with E-state index in [9.17, 15) is 9.59 Å². The molecule has 0 aliphatic heterocycles. The Hall–Kier alpha value is -4.06. The molecule has 3 aromatic carbocycles. The highest BCUT2D eigenvalue weighted by Crippen LogP contribution is 2.20. The van der Waals surface area contributed by atoms with Gasteiger partial charge in [0.15, 0.2) is 5.76 Å². The van der Waals surface area contributed by atoms with Crippen LogP contribution >= 0.6 is 0 Å². The second kappa shape index (κ2) is 10.0. The summed E-state index contributed by atoms with van der Waals surface area (Å²) in [6.07, 6.45) is 0.251. The molecule has 6 heteroatoms. The van der Waals surface area contributed by atoms with Crippen molar-refractivity contribution in [2.45, 2.75) is 20.3 Å². The van der Waals surface area contributed by atoms with Crippen LogP contribution in [0, 0.1) is 13.8 Å². The Bertz CT molecular complexity index is 1220. The van der Waals surface area contributed by atoms with Gasteiger partial charge in [0.1, 0.15) is 17.9 Å². The molecule has 0 atom stereocenters. The molecule has 4 aromatic rings. The van der Waals surface area contributed by atoms with Gasteiger partial charge in [-0.2, -0.15) is 0 Å². The summed E-state index contributed by atoms with van der Waals surface area (Å²) in [5.74, 6) is 0.656. The van der Waals surface area contributed by atoms with E-state index in [1.165, 1.54) is 0 Å². The van der Waals surface area contributed by atoms with Gasteiger partial charge in [-0.3, -0.25) is 9.59 Å². The van der Waals surface area contributed by atoms with Crippen LogP contribution in [0.1, 0.15) is 27.2 Å². The van der Waals surface area contributed by atoms with Gasteiger partial charge in [0.05, 0.1) is 13.0 Å². The van der Waals surface area contributed by atoms with Gasteiger partial charge in [-0.1, -0.05) is 36.4 Å². The van der Waals surface area contributed by atoms with Crippen molar-refractivity contribution < 1.29 is 18.7 Å². The Kier molecular flexibility index (Phi) is 6.74. The SMILES string of the molecule is Cc1cc(C)cc(OCCNC(=O)Cc2ccc(NC(=O)c3cc4ccccc4o3)cc2)c1. The summed E-state index contributed by atoms with van der Waals surface area (Å²) >= 11 is 0. The Labute approximate surface area is 192 Å². The Morgan fingerprint density at radius 2 is 1.64 bits per heavy atom. The van der Waals surface area contributed by atoms with Gasteiger partial charge in [0.25, 0.3) is 5.91 Å². The normalized spacial score (nSPS) is 10.7. The second-order valence-electron chi connectivity index (χ2n) is 8.00. The van der Waals surface area contributed by atoms with E-state index in [2.05, 4.69) is 16.7 Å². The van der Waals surface area contributed by atoms with Crippen molar-refractivity contribution in [2.75, 3.05) is 18.5 Å². The van der Waals surface area contributed by atoms with E-state index in [-0.39, 0.29) is 24.0 Å². The summed E-state index contributed by atoms with van der Waals surface area (Å²) < 4.78 is 11.3. The van der Waals surface area contributed by atoms with Crippen LogP contribution in [0.15, 0.2) is 77.2 Å². The zero-order valence-electron chi connectivity index (χ0n) is 18.7. The van der Waals surface area contributed by atoms with Crippen LogP contribution in [-0.4, -0.2) is 25.0 Å². The van der Waals surface area contributed by atoms with Crippen molar-refractivity contribution in [3.05, 3.63) is 95.2 Å². The van der Waals surface area contributed by atoms with E-state index in [0.29, 0.717) is 24.4 Å². The maximum atomic E-state index is 12.5. The number of aryl methyl sites for hydroxylation is 2. The van der Waals surface area contributed by atoms with Crippen molar-refractivity contribution in [1.82, 2.24) is 5.32 Å². The molecule has 2 N–H and O–H groups in total. The fraction of sp³-hybridized carbons (Fsp3) is 0.185. The zero-order chi connectivity index (χ0) is 23.2. The van der Waals surface area contributed by atoms with Crippen molar-refractivity contribution in [2.24, 2.45) is 0 Å². The molecule has 0 radical (unpaired) electrons. The first-order valence-electron chi connectivity index (χ1n) is 10.8. The van der Waals surface area contributed by atoms with Gasteiger partial charge < -0.3 is 19.8 Å². The van der Waals surface area contributed by atoms with Gasteiger partial charge in [-0.25, -0.2) is 0 Å². The highest BCUT2D eigenvalue weighted by atomic mass is 16.5. The van der Waals surface area contributed by atoms with Crippen LogP contribution in [0.25, 0.3) is 11.0 Å². The van der Waals surface area contributed by atoms with Crippen LogP contribution in [0.3, 0.4) is 0 Å². The molecule has 2 amide bonds. The maximum absolute atomic E-state index is 12.5. The number of anilines is 1. The Morgan fingerprint density at radius 3 is 2.36 bits per heavy atom. The van der Waals surface area contributed by atoms with E-state index in [1.54, 1.807) is 18.2 Å². The standard InChI is InChI=1S/C27H26N2O4/c1-18-13-19(2)15-23(14-18)32-12-11-28-26(30)16-20-7-9-22(10-8-20)29-27(31)25-17-21-5-3-4-6-24(21)33-25/h3-10,13-15,17H,11-12,16H2,1-2H3,(H,28,30)(H,29,31). The first-order chi connectivity index (χ1) is 16.0.